The van der Waals surface area contributed by atoms with Crippen LogP contribution in [0.3, 0.4) is 0 Å². The Balaban J connectivity index is 2.22. The number of halogens is 1. The van der Waals surface area contributed by atoms with Crippen molar-refractivity contribution in [1.29, 1.82) is 0 Å². The molecule has 2 aromatic heterocycles. The second kappa shape index (κ2) is 5.69. The number of nitrogens with zero attached hydrogens (tertiary/aromatic N) is 4. The molecule has 8 heteroatoms. The van der Waals surface area contributed by atoms with Gasteiger partial charge >= 0.3 is 5.69 Å². The molecule has 23 heavy (non-hydrogen) atoms. The van der Waals surface area contributed by atoms with Crippen LogP contribution in [0.1, 0.15) is 5.56 Å². The van der Waals surface area contributed by atoms with E-state index in [1.165, 1.54) is 11.6 Å². The third-order valence-corrected chi connectivity index (χ3v) is 4.29. The van der Waals surface area contributed by atoms with E-state index in [1.54, 1.807) is 25.1 Å². The molecule has 7 nitrogen and oxygen atoms in total. The molecule has 0 N–H and O–H groups in total. The van der Waals surface area contributed by atoms with E-state index in [0.29, 0.717) is 17.7 Å². The van der Waals surface area contributed by atoms with Gasteiger partial charge in [0.2, 0.25) is 0 Å². The molecule has 0 spiro atoms. The topological polar surface area (TPSA) is 71.1 Å². The van der Waals surface area contributed by atoms with E-state index in [4.69, 9.17) is 4.74 Å². The van der Waals surface area contributed by atoms with Gasteiger partial charge in [0.05, 0.1) is 20.0 Å². The molecule has 0 aliphatic heterocycles. The number of rotatable bonds is 3. The van der Waals surface area contributed by atoms with Crippen molar-refractivity contribution in [2.45, 2.75) is 6.54 Å². The molecule has 120 valence electrons. The van der Waals surface area contributed by atoms with Gasteiger partial charge < -0.3 is 9.30 Å². The number of aryl methyl sites for hydroxylation is 1. The summed E-state index contributed by atoms with van der Waals surface area (Å²) in [5, 5.41) is 0. The molecule has 0 amide bonds. The molecule has 0 saturated carbocycles. The third kappa shape index (κ3) is 2.48. The number of hydrogen-bond acceptors (Lipinski definition) is 4. The van der Waals surface area contributed by atoms with Gasteiger partial charge in [0.25, 0.3) is 5.56 Å². The lowest BCUT2D eigenvalue weighted by molar-refractivity contribution is 0.408. The van der Waals surface area contributed by atoms with Crippen LogP contribution in [-0.4, -0.2) is 25.8 Å². The van der Waals surface area contributed by atoms with Crippen molar-refractivity contribution in [3.63, 3.8) is 0 Å². The van der Waals surface area contributed by atoms with Gasteiger partial charge in [-0.2, -0.15) is 0 Å². The molecule has 0 aliphatic rings. The molecule has 0 bridgehead atoms. The number of ether oxygens (including phenoxy) is 1. The lowest BCUT2D eigenvalue weighted by Gasteiger charge is -2.11. The summed E-state index contributed by atoms with van der Waals surface area (Å²) < 4.78 is 10.5. The summed E-state index contributed by atoms with van der Waals surface area (Å²) >= 11 is 3.43. The van der Waals surface area contributed by atoms with Crippen molar-refractivity contribution < 1.29 is 4.74 Å². The van der Waals surface area contributed by atoms with Gasteiger partial charge in [-0.05, 0) is 18.2 Å². The Morgan fingerprint density at radius 2 is 1.96 bits per heavy atom. The van der Waals surface area contributed by atoms with Crippen LogP contribution in [0.15, 0.2) is 38.6 Å². The maximum atomic E-state index is 12.4. The first-order chi connectivity index (χ1) is 10.9. The summed E-state index contributed by atoms with van der Waals surface area (Å²) in [5.74, 6) is 0.719. The normalized spacial score (nSPS) is 11.1. The number of imidazole rings is 1. The van der Waals surface area contributed by atoms with Crippen molar-refractivity contribution in [3.8, 4) is 5.75 Å². The van der Waals surface area contributed by atoms with E-state index in [0.717, 1.165) is 20.4 Å². The van der Waals surface area contributed by atoms with Crippen molar-refractivity contribution in [2.75, 3.05) is 7.11 Å². The number of methoxy groups -OCH3 is 1. The largest absolute Gasteiger partial charge is 0.496 e. The minimum absolute atomic E-state index is 0.366. The fraction of sp³-hybridized carbons (Fsp3) is 0.267. The highest BCUT2D eigenvalue weighted by Crippen LogP contribution is 2.24. The predicted octanol–water partition coefficient (Wildman–Crippen LogP) is 1.25. The molecule has 0 aliphatic carbocycles. The van der Waals surface area contributed by atoms with Gasteiger partial charge in [-0.1, -0.05) is 15.9 Å². The molecule has 3 rings (SSSR count). The van der Waals surface area contributed by atoms with E-state index in [1.807, 2.05) is 18.2 Å². The zero-order chi connectivity index (χ0) is 16.7. The minimum Gasteiger partial charge on any atom is -0.496 e. The number of aromatic nitrogens is 4. The van der Waals surface area contributed by atoms with Gasteiger partial charge in [0, 0.05) is 24.1 Å². The zero-order valence-corrected chi connectivity index (χ0v) is 14.5. The average Bonchev–Trinajstić information content (AvgIpc) is 2.95. The van der Waals surface area contributed by atoms with Gasteiger partial charge in [-0.25, -0.2) is 9.78 Å². The predicted molar refractivity (Wildman–Crippen MR) is 90.0 cm³/mol. The van der Waals surface area contributed by atoms with Crippen LogP contribution in [-0.2, 0) is 20.6 Å². The SMILES string of the molecule is COc1ccc(Br)cc1Cn1cnc2c1c(=O)n(C)c(=O)n2C. The van der Waals surface area contributed by atoms with Crippen molar-refractivity contribution in [3.05, 3.63) is 55.4 Å². The number of hydrogen-bond donors (Lipinski definition) is 0. The summed E-state index contributed by atoms with van der Waals surface area (Å²) in [6.45, 7) is 0.409. The van der Waals surface area contributed by atoms with Gasteiger partial charge in [-0.3, -0.25) is 13.9 Å². The fourth-order valence-corrected chi connectivity index (χ4v) is 2.98. The summed E-state index contributed by atoms with van der Waals surface area (Å²) in [7, 11) is 4.66. The Bertz CT molecular complexity index is 1020. The highest BCUT2D eigenvalue weighted by Gasteiger charge is 2.15. The smallest absolute Gasteiger partial charge is 0.332 e. The lowest BCUT2D eigenvalue weighted by atomic mass is 10.2. The van der Waals surface area contributed by atoms with E-state index < -0.39 is 5.69 Å². The second-order valence-corrected chi connectivity index (χ2v) is 6.12. The van der Waals surface area contributed by atoms with Crippen LogP contribution in [0.2, 0.25) is 0 Å². The molecular formula is C15H15BrN4O3. The van der Waals surface area contributed by atoms with Crippen molar-refractivity contribution in [2.24, 2.45) is 14.1 Å². The van der Waals surface area contributed by atoms with E-state index in [2.05, 4.69) is 20.9 Å². The summed E-state index contributed by atoms with van der Waals surface area (Å²) in [5.41, 5.74) is 0.892. The zero-order valence-electron chi connectivity index (χ0n) is 12.9. The van der Waals surface area contributed by atoms with Crippen LogP contribution in [0.5, 0.6) is 5.75 Å². The Morgan fingerprint density at radius 3 is 2.65 bits per heavy atom. The lowest BCUT2D eigenvalue weighted by Crippen LogP contribution is -2.37. The van der Waals surface area contributed by atoms with E-state index in [-0.39, 0.29) is 5.56 Å². The van der Waals surface area contributed by atoms with Crippen LogP contribution >= 0.6 is 15.9 Å². The average molecular weight is 379 g/mol. The standard InChI is InChI=1S/C15H15BrN4O3/c1-18-13-12(14(21)19(2)15(18)22)20(8-17-13)7-9-6-10(16)4-5-11(9)23-3/h4-6,8H,7H2,1-3H3. The fourth-order valence-electron chi connectivity index (χ4n) is 2.57. The molecule has 1 aromatic carbocycles. The molecule has 2 heterocycles. The maximum absolute atomic E-state index is 12.4. The quantitative estimate of drug-likeness (QED) is 0.687. The van der Waals surface area contributed by atoms with Gasteiger partial charge in [0.1, 0.15) is 5.75 Å². The van der Waals surface area contributed by atoms with Crippen molar-refractivity contribution >= 4 is 27.1 Å². The summed E-state index contributed by atoms with van der Waals surface area (Å²) in [6.07, 6.45) is 1.56. The highest BCUT2D eigenvalue weighted by molar-refractivity contribution is 9.10. The molecule has 0 radical (unpaired) electrons. The van der Waals surface area contributed by atoms with Crippen LogP contribution in [0.25, 0.3) is 11.2 Å². The van der Waals surface area contributed by atoms with Crippen molar-refractivity contribution in [1.82, 2.24) is 18.7 Å². The summed E-state index contributed by atoms with van der Waals surface area (Å²) in [6, 6.07) is 5.67. The van der Waals surface area contributed by atoms with Crippen LogP contribution < -0.4 is 16.0 Å². The Labute approximate surface area is 139 Å². The Morgan fingerprint density at radius 1 is 1.22 bits per heavy atom. The third-order valence-electron chi connectivity index (χ3n) is 3.80. The Hall–Kier alpha value is -2.35. The minimum atomic E-state index is -0.396. The highest BCUT2D eigenvalue weighted by atomic mass is 79.9. The van der Waals surface area contributed by atoms with E-state index >= 15 is 0 Å². The van der Waals surface area contributed by atoms with Crippen LogP contribution in [0.4, 0.5) is 0 Å². The van der Waals surface area contributed by atoms with Gasteiger partial charge in [0.15, 0.2) is 11.2 Å². The maximum Gasteiger partial charge on any atom is 0.332 e. The first-order valence-electron chi connectivity index (χ1n) is 6.87. The van der Waals surface area contributed by atoms with E-state index in [9.17, 15) is 9.59 Å². The molecule has 0 fully saturated rings. The van der Waals surface area contributed by atoms with Crippen LogP contribution in [0, 0.1) is 0 Å². The first kappa shape index (κ1) is 15.5. The molecule has 0 atom stereocenters. The number of benzene rings is 1. The summed E-state index contributed by atoms with van der Waals surface area (Å²) in [4.78, 5) is 28.6. The first-order valence-corrected chi connectivity index (χ1v) is 7.66. The molecular weight excluding hydrogens is 364 g/mol. The molecule has 0 unspecified atom stereocenters. The second-order valence-electron chi connectivity index (χ2n) is 5.21. The molecule has 0 saturated heterocycles. The van der Waals surface area contributed by atoms with Gasteiger partial charge in [-0.15, -0.1) is 0 Å². The monoisotopic (exact) mass is 378 g/mol. The number of fused-ring (bicyclic) bond motifs is 1. The Kier molecular flexibility index (Phi) is 3.85. The molecule has 3 aromatic rings.